The number of aromatic amines is 1. The van der Waals surface area contributed by atoms with Crippen molar-refractivity contribution in [3.05, 3.63) is 59.7 Å². The van der Waals surface area contributed by atoms with E-state index < -0.39 is 0 Å². The van der Waals surface area contributed by atoms with E-state index in [0.29, 0.717) is 11.1 Å². The van der Waals surface area contributed by atoms with Crippen LogP contribution in [0.2, 0.25) is 0 Å². The van der Waals surface area contributed by atoms with Gasteiger partial charge in [0.05, 0.1) is 22.2 Å². The quantitative estimate of drug-likeness (QED) is 0.458. The van der Waals surface area contributed by atoms with Crippen molar-refractivity contribution in [3.8, 4) is 0 Å². The average molecular weight is 369 g/mol. The number of benzene rings is 3. The number of aromatic nitrogens is 2. The number of carbonyl (C=O) groups is 2. The fraction of sp³-hybridized carbons (Fsp3) is 0.0909. The van der Waals surface area contributed by atoms with Crippen LogP contribution in [0.25, 0.3) is 43.6 Å². The summed E-state index contributed by atoms with van der Waals surface area (Å²) >= 11 is 0. The normalized spacial score (nSPS) is 14.1. The fourth-order valence-corrected chi connectivity index (χ4v) is 4.57. The summed E-state index contributed by atoms with van der Waals surface area (Å²) in [5.41, 5.74) is 4.24. The Morgan fingerprint density at radius 2 is 1.50 bits per heavy atom. The molecule has 0 fully saturated rings. The Hall–Kier alpha value is -3.80. The van der Waals surface area contributed by atoms with Crippen LogP contribution >= 0.6 is 0 Å². The van der Waals surface area contributed by atoms with Gasteiger partial charge in [-0.05, 0) is 12.1 Å². The summed E-state index contributed by atoms with van der Waals surface area (Å²) in [4.78, 5) is 36.6. The van der Waals surface area contributed by atoms with E-state index in [0.717, 1.165) is 43.6 Å². The number of carbonyl (C=O) groups excluding carboxylic acids is 2. The highest BCUT2D eigenvalue weighted by atomic mass is 16.6. The molecule has 3 aromatic carbocycles. The molecule has 1 N–H and O–H groups in total. The summed E-state index contributed by atoms with van der Waals surface area (Å²) < 4.78 is 1.73. The first-order valence-electron chi connectivity index (χ1n) is 9.00. The van der Waals surface area contributed by atoms with Gasteiger partial charge >= 0.3 is 0 Å². The van der Waals surface area contributed by atoms with Crippen molar-refractivity contribution in [2.75, 3.05) is 14.2 Å². The molecule has 1 aliphatic rings. The molecule has 0 aliphatic carbocycles. The van der Waals surface area contributed by atoms with Crippen molar-refractivity contribution >= 4 is 55.4 Å². The minimum absolute atomic E-state index is 0.272. The maximum absolute atomic E-state index is 13.1. The van der Waals surface area contributed by atoms with E-state index in [1.165, 1.54) is 11.9 Å². The second-order valence-corrected chi connectivity index (χ2v) is 7.06. The average Bonchev–Trinajstić information content (AvgIpc) is 3.33. The summed E-state index contributed by atoms with van der Waals surface area (Å²) in [6, 6.07) is 15.6. The Balaban J connectivity index is 2.04. The van der Waals surface area contributed by atoms with E-state index in [-0.39, 0.29) is 11.8 Å². The van der Waals surface area contributed by atoms with Crippen LogP contribution in [-0.4, -0.2) is 40.6 Å². The van der Waals surface area contributed by atoms with E-state index in [2.05, 4.69) is 4.98 Å². The lowest BCUT2D eigenvalue weighted by Crippen LogP contribution is -2.24. The molecule has 3 heterocycles. The van der Waals surface area contributed by atoms with Crippen LogP contribution in [0.15, 0.2) is 48.5 Å². The second kappa shape index (κ2) is 4.92. The number of nitrogens with zero attached hydrogens (tertiary/aromatic N) is 2. The molecule has 0 unspecified atom stereocenters. The molecular formula is C22H15N3O3. The minimum atomic E-state index is -0.281. The SMILES string of the molecule is COn1c2ccccc2c2c3c(c4c5ccccc5[nH]c4c21)C(=O)N(C)C3=O. The van der Waals surface area contributed by atoms with E-state index in [4.69, 9.17) is 4.84 Å². The van der Waals surface area contributed by atoms with Gasteiger partial charge in [0, 0.05) is 34.1 Å². The van der Waals surface area contributed by atoms with Gasteiger partial charge in [0.2, 0.25) is 0 Å². The van der Waals surface area contributed by atoms with Crippen molar-refractivity contribution in [2.45, 2.75) is 0 Å². The Bertz CT molecular complexity index is 1510. The molecule has 2 amide bonds. The largest absolute Gasteiger partial charge is 0.416 e. The van der Waals surface area contributed by atoms with E-state index in [1.807, 2.05) is 48.5 Å². The summed E-state index contributed by atoms with van der Waals surface area (Å²) in [6.45, 7) is 0. The van der Waals surface area contributed by atoms with Crippen molar-refractivity contribution in [2.24, 2.45) is 0 Å². The molecule has 2 aromatic heterocycles. The lowest BCUT2D eigenvalue weighted by Gasteiger charge is -2.07. The molecule has 1 aliphatic heterocycles. The monoisotopic (exact) mass is 369 g/mol. The molecule has 6 nitrogen and oxygen atoms in total. The number of amides is 2. The molecule has 0 radical (unpaired) electrons. The van der Waals surface area contributed by atoms with Gasteiger partial charge in [-0.1, -0.05) is 36.4 Å². The number of H-pyrrole nitrogens is 1. The first-order chi connectivity index (χ1) is 13.6. The maximum atomic E-state index is 13.1. The van der Waals surface area contributed by atoms with Crippen LogP contribution in [-0.2, 0) is 0 Å². The maximum Gasteiger partial charge on any atom is 0.262 e. The van der Waals surface area contributed by atoms with Gasteiger partial charge in [-0.3, -0.25) is 14.5 Å². The number of nitrogens with one attached hydrogen (secondary N) is 1. The minimum Gasteiger partial charge on any atom is -0.416 e. The Morgan fingerprint density at radius 3 is 2.25 bits per heavy atom. The third-order valence-corrected chi connectivity index (χ3v) is 5.74. The number of hydrogen-bond donors (Lipinski definition) is 1. The molecule has 0 spiro atoms. The Kier molecular flexibility index (Phi) is 2.69. The first-order valence-corrected chi connectivity index (χ1v) is 9.00. The molecule has 6 heteroatoms. The van der Waals surface area contributed by atoms with Crippen LogP contribution in [0.5, 0.6) is 0 Å². The highest BCUT2D eigenvalue weighted by molar-refractivity contribution is 6.39. The van der Waals surface area contributed by atoms with E-state index in [9.17, 15) is 9.59 Å². The van der Waals surface area contributed by atoms with Crippen molar-refractivity contribution < 1.29 is 14.4 Å². The van der Waals surface area contributed by atoms with Gasteiger partial charge in [0.15, 0.2) is 0 Å². The number of fused-ring (bicyclic) bond motifs is 10. The topological polar surface area (TPSA) is 67.3 Å². The number of rotatable bonds is 1. The summed E-state index contributed by atoms with van der Waals surface area (Å²) in [7, 11) is 3.14. The molecule has 5 aromatic rings. The molecule has 6 rings (SSSR count). The third kappa shape index (κ3) is 1.55. The molecule has 136 valence electrons. The van der Waals surface area contributed by atoms with Crippen molar-refractivity contribution in [1.29, 1.82) is 0 Å². The van der Waals surface area contributed by atoms with Crippen LogP contribution in [0.4, 0.5) is 0 Å². The van der Waals surface area contributed by atoms with E-state index in [1.54, 1.807) is 11.8 Å². The molecule has 28 heavy (non-hydrogen) atoms. The van der Waals surface area contributed by atoms with Gasteiger partial charge in [-0.25, -0.2) is 0 Å². The van der Waals surface area contributed by atoms with Gasteiger partial charge in [0.1, 0.15) is 12.6 Å². The van der Waals surface area contributed by atoms with Crippen LogP contribution in [0, 0.1) is 0 Å². The molecule has 0 bridgehead atoms. The zero-order valence-corrected chi connectivity index (χ0v) is 15.2. The summed E-state index contributed by atoms with van der Waals surface area (Å²) in [5.74, 6) is -0.554. The number of imide groups is 1. The predicted octanol–water partition coefficient (Wildman–Crippen LogP) is 3.71. The summed E-state index contributed by atoms with van der Waals surface area (Å²) in [5, 5.41) is 3.31. The van der Waals surface area contributed by atoms with Crippen LogP contribution in [0.3, 0.4) is 0 Å². The number of para-hydroxylation sites is 2. The van der Waals surface area contributed by atoms with Gasteiger partial charge in [-0.2, -0.15) is 4.73 Å². The van der Waals surface area contributed by atoms with E-state index >= 15 is 0 Å². The number of hydrogen-bond acceptors (Lipinski definition) is 3. The fourth-order valence-electron chi connectivity index (χ4n) is 4.57. The molecule has 0 saturated carbocycles. The van der Waals surface area contributed by atoms with Gasteiger partial charge in [0.25, 0.3) is 11.8 Å². The lowest BCUT2D eigenvalue weighted by atomic mass is 9.97. The van der Waals surface area contributed by atoms with Crippen molar-refractivity contribution in [3.63, 3.8) is 0 Å². The van der Waals surface area contributed by atoms with Crippen molar-refractivity contribution in [1.82, 2.24) is 14.6 Å². The third-order valence-electron chi connectivity index (χ3n) is 5.74. The Labute approximate surface area is 158 Å². The second-order valence-electron chi connectivity index (χ2n) is 7.06. The zero-order valence-electron chi connectivity index (χ0n) is 15.2. The van der Waals surface area contributed by atoms with Gasteiger partial charge in [-0.15, -0.1) is 0 Å². The standard InChI is InChI=1S/C22H15N3O3/c1-24-21(26)17-15-11-7-3-5-9-13(11)23-19(15)20-16(18(17)22(24)27)12-8-4-6-10-14(12)25(20)28-2/h3-10,23H,1-2H3. The van der Waals surface area contributed by atoms with Crippen LogP contribution < -0.4 is 4.84 Å². The summed E-state index contributed by atoms with van der Waals surface area (Å²) in [6.07, 6.45) is 0. The smallest absolute Gasteiger partial charge is 0.262 e. The Morgan fingerprint density at radius 1 is 0.857 bits per heavy atom. The van der Waals surface area contributed by atoms with Gasteiger partial charge < -0.3 is 9.82 Å². The first kappa shape index (κ1) is 15.3. The van der Waals surface area contributed by atoms with Crippen LogP contribution in [0.1, 0.15) is 20.7 Å². The molecule has 0 saturated heterocycles. The predicted molar refractivity (Wildman–Crippen MR) is 108 cm³/mol. The molecule has 0 atom stereocenters. The lowest BCUT2D eigenvalue weighted by molar-refractivity contribution is 0.0694. The zero-order chi connectivity index (χ0) is 19.2. The highest BCUT2D eigenvalue weighted by Crippen LogP contribution is 2.44. The highest BCUT2D eigenvalue weighted by Gasteiger charge is 2.39. The molecular weight excluding hydrogens is 354 g/mol.